The normalized spacial score (nSPS) is 30.7. The summed E-state index contributed by atoms with van der Waals surface area (Å²) < 4.78 is 5.30. The van der Waals surface area contributed by atoms with Gasteiger partial charge in [-0.15, -0.1) is 0 Å². The molecule has 0 amide bonds. The Hall–Kier alpha value is -0.940. The Labute approximate surface area is 101 Å². The van der Waals surface area contributed by atoms with Crippen molar-refractivity contribution in [2.24, 2.45) is 11.7 Å². The molecule has 2 heterocycles. The van der Waals surface area contributed by atoms with Crippen molar-refractivity contribution in [2.75, 3.05) is 13.1 Å². The molecule has 3 rings (SSSR count). The Balaban J connectivity index is 1.58. The van der Waals surface area contributed by atoms with Crippen LogP contribution in [0.1, 0.15) is 43.8 Å². The second-order valence-electron chi connectivity index (χ2n) is 5.49. The van der Waals surface area contributed by atoms with Gasteiger partial charge in [0.05, 0.1) is 6.54 Å². The summed E-state index contributed by atoms with van der Waals surface area (Å²) in [7, 11) is 0. The zero-order chi connectivity index (χ0) is 11.8. The first kappa shape index (κ1) is 11.2. The zero-order valence-corrected chi connectivity index (χ0v) is 10.3. The van der Waals surface area contributed by atoms with E-state index in [-0.39, 0.29) is 0 Å². The van der Waals surface area contributed by atoms with Crippen molar-refractivity contribution < 1.29 is 4.52 Å². The van der Waals surface area contributed by atoms with Crippen LogP contribution >= 0.6 is 0 Å². The summed E-state index contributed by atoms with van der Waals surface area (Å²) >= 11 is 0. The highest BCUT2D eigenvalue weighted by Crippen LogP contribution is 2.38. The van der Waals surface area contributed by atoms with Crippen LogP contribution in [0.3, 0.4) is 0 Å². The minimum atomic E-state index is 0.343. The van der Waals surface area contributed by atoms with E-state index in [4.69, 9.17) is 10.3 Å². The van der Waals surface area contributed by atoms with E-state index in [1.54, 1.807) is 0 Å². The Bertz CT molecular complexity index is 388. The lowest BCUT2D eigenvalue weighted by Crippen LogP contribution is -2.45. The van der Waals surface area contributed by atoms with Gasteiger partial charge in [0.25, 0.3) is 0 Å². The van der Waals surface area contributed by atoms with Crippen LogP contribution in [0.15, 0.2) is 4.52 Å². The topological polar surface area (TPSA) is 68.2 Å². The highest BCUT2D eigenvalue weighted by atomic mass is 16.5. The number of aromatic nitrogens is 2. The third-order valence-electron chi connectivity index (χ3n) is 3.84. The van der Waals surface area contributed by atoms with E-state index in [0.717, 1.165) is 37.8 Å². The molecule has 1 saturated heterocycles. The molecule has 1 aliphatic heterocycles. The molecule has 17 heavy (non-hydrogen) atoms. The van der Waals surface area contributed by atoms with Crippen LogP contribution < -0.4 is 5.73 Å². The molecule has 2 fully saturated rings. The van der Waals surface area contributed by atoms with Crippen LogP contribution in [0.25, 0.3) is 0 Å². The van der Waals surface area contributed by atoms with Gasteiger partial charge in [0.15, 0.2) is 5.82 Å². The predicted octanol–water partition coefficient (Wildman–Crippen LogP) is 1.12. The molecule has 94 valence electrons. The molecule has 1 aromatic heterocycles. The van der Waals surface area contributed by atoms with Crippen molar-refractivity contribution in [2.45, 2.75) is 44.7 Å². The largest absolute Gasteiger partial charge is 0.338 e. The van der Waals surface area contributed by atoms with Gasteiger partial charge in [-0.1, -0.05) is 12.1 Å². The van der Waals surface area contributed by atoms with E-state index in [1.165, 1.54) is 12.8 Å². The maximum atomic E-state index is 6.01. The lowest BCUT2D eigenvalue weighted by atomic mass is 9.95. The first-order chi connectivity index (χ1) is 8.22. The summed E-state index contributed by atoms with van der Waals surface area (Å²) in [6.45, 7) is 5.05. The number of nitrogens with zero attached hydrogens (tertiary/aromatic N) is 3. The van der Waals surface area contributed by atoms with E-state index < -0.39 is 0 Å². The molecule has 0 aromatic carbocycles. The molecule has 2 N–H and O–H groups in total. The standard InChI is InChI=1S/C12H20N4O/c1-8-6-16(5-4-10(8)13)7-11-14-12(15-17-11)9-2-3-9/h8-10H,2-7,13H2,1H3. The third kappa shape index (κ3) is 2.50. The van der Waals surface area contributed by atoms with Gasteiger partial charge in [-0.3, -0.25) is 4.90 Å². The fraction of sp³-hybridized carbons (Fsp3) is 0.833. The van der Waals surface area contributed by atoms with Gasteiger partial charge in [-0.2, -0.15) is 4.98 Å². The Morgan fingerprint density at radius 3 is 2.94 bits per heavy atom. The SMILES string of the molecule is CC1CN(Cc2nc(C3CC3)no2)CCC1N. The first-order valence-electron chi connectivity index (χ1n) is 6.53. The van der Waals surface area contributed by atoms with Crippen molar-refractivity contribution in [3.05, 3.63) is 11.7 Å². The fourth-order valence-electron chi connectivity index (χ4n) is 2.42. The summed E-state index contributed by atoms with van der Waals surface area (Å²) in [5.74, 6) is 2.78. The zero-order valence-electron chi connectivity index (χ0n) is 10.3. The minimum absolute atomic E-state index is 0.343. The van der Waals surface area contributed by atoms with Gasteiger partial charge in [0.1, 0.15) is 0 Å². The molecule has 5 heteroatoms. The number of hydrogen-bond acceptors (Lipinski definition) is 5. The molecule has 5 nitrogen and oxygen atoms in total. The van der Waals surface area contributed by atoms with E-state index in [9.17, 15) is 0 Å². The van der Waals surface area contributed by atoms with Crippen LogP contribution in [0.5, 0.6) is 0 Å². The molecule has 0 bridgehead atoms. The average molecular weight is 236 g/mol. The van der Waals surface area contributed by atoms with Gasteiger partial charge in [0.2, 0.25) is 5.89 Å². The second-order valence-corrected chi connectivity index (χ2v) is 5.49. The van der Waals surface area contributed by atoms with Crippen molar-refractivity contribution in [1.29, 1.82) is 0 Å². The Kier molecular flexibility index (Phi) is 2.88. The number of likely N-dealkylation sites (tertiary alicyclic amines) is 1. The van der Waals surface area contributed by atoms with E-state index >= 15 is 0 Å². The quantitative estimate of drug-likeness (QED) is 0.851. The van der Waals surface area contributed by atoms with Crippen molar-refractivity contribution in [1.82, 2.24) is 15.0 Å². The third-order valence-corrected chi connectivity index (χ3v) is 3.84. The minimum Gasteiger partial charge on any atom is -0.338 e. The van der Waals surface area contributed by atoms with Crippen molar-refractivity contribution in [3.8, 4) is 0 Å². The number of rotatable bonds is 3. The van der Waals surface area contributed by atoms with Gasteiger partial charge in [-0.05, 0) is 25.2 Å². The summed E-state index contributed by atoms with van der Waals surface area (Å²) in [5.41, 5.74) is 6.01. The Morgan fingerprint density at radius 2 is 2.24 bits per heavy atom. The van der Waals surface area contributed by atoms with Crippen LogP contribution in [-0.2, 0) is 6.54 Å². The molecule has 0 radical (unpaired) electrons. The van der Waals surface area contributed by atoms with Crippen LogP contribution in [-0.4, -0.2) is 34.2 Å². The first-order valence-corrected chi connectivity index (χ1v) is 6.53. The average Bonchev–Trinajstić information content (AvgIpc) is 3.06. The molecule has 1 saturated carbocycles. The van der Waals surface area contributed by atoms with Crippen LogP contribution in [0, 0.1) is 5.92 Å². The summed E-state index contributed by atoms with van der Waals surface area (Å²) in [4.78, 5) is 6.82. The maximum Gasteiger partial charge on any atom is 0.240 e. The smallest absolute Gasteiger partial charge is 0.240 e. The fourth-order valence-corrected chi connectivity index (χ4v) is 2.42. The van der Waals surface area contributed by atoms with Gasteiger partial charge >= 0.3 is 0 Å². The van der Waals surface area contributed by atoms with Gasteiger partial charge in [0, 0.05) is 25.0 Å². The van der Waals surface area contributed by atoms with E-state index in [0.29, 0.717) is 17.9 Å². The Morgan fingerprint density at radius 1 is 1.41 bits per heavy atom. The molecular formula is C12H20N4O. The second kappa shape index (κ2) is 4.38. The van der Waals surface area contributed by atoms with Crippen molar-refractivity contribution in [3.63, 3.8) is 0 Å². The number of piperidine rings is 1. The predicted molar refractivity (Wildman–Crippen MR) is 63.3 cm³/mol. The molecule has 0 spiro atoms. The number of hydrogen-bond donors (Lipinski definition) is 1. The summed E-state index contributed by atoms with van der Waals surface area (Å²) in [5, 5.41) is 4.04. The van der Waals surface area contributed by atoms with Gasteiger partial charge in [-0.25, -0.2) is 0 Å². The maximum absolute atomic E-state index is 6.01. The molecule has 1 aliphatic carbocycles. The lowest BCUT2D eigenvalue weighted by Gasteiger charge is -2.34. The van der Waals surface area contributed by atoms with E-state index in [2.05, 4.69) is 22.0 Å². The lowest BCUT2D eigenvalue weighted by molar-refractivity contribution is 0.142. The summed E-state index contributed by atoms with van der Waals surface area (Å²) in [6.07, 6.45) is 3.49. The molecule has 1 aromatic rings. The van der Waals surface area contributed by atoms with Crippen LogP contribution in [0.4, 0.5) is 0 Å². The number of nitrogens with two attached hydrogens (primary N) is 1. The highest BCUT2D eigenvalue weighted by Gasteiger charge is 2.29. The molecule has 2 atom stereocenters. The van der Waals surface area contributed by atoms with E-state index in [1.807, 2.05) is 0 Å². The monoisotopic (exact) mass is 236 g/mol. The molecule has 2 aliphatic rings. The van der Waals surface area contributed by atoms with Crippen LogP contribution in [0.2, 0.25) is 0 Å². The summed E-state index contributed by atoms with van der Waals surface area (Å²) in [6, 6.07) is 0.343. The van der Waals surface area contributed by atoms with Crippen molar-refractivity contribution >= 4 is 0 Å². The molecular weight excluding hydrogens is 216 g/mol. The molecule has 2 unspecified atom stereocenters. The highest BCUT2D eigenvalue weighted by molar-refractivity contribution is 5.03. The van der Waals surface area contributed by atoms with Gasteiger partial charge < -0.3 is 10.3 Å².